The number of rotatable bonds is 12. The standard InChI is InChI=1S/C34H39O3P/c1-5-29-27(19-21-33(31(29)7-3)25-15-11-9-12-16-25)23-36-38(35)37-24-28-20-22-34(26-17-13-10-14-18-26)32(8-4)30(28)6-2/h9-22,38H,5-8,23-24H2,1-4H3. The van der Waals surface area contributed by atoms with Gasteiger partial charge in [0.2, 0.25) is 0 Å². The van der Waals surface area contributed by atoms with Crippen molar-refractivity contribution in [1.82, 2.24) is 0 Å². The van der Waals surface area contributed by atoms with Gasteiger partial charge < -0.3 is 9.05 Å². The first kappa shape index (κ1) is 28.0. The molecule has 0 bridgehead atoms. The predicted molar refractivity (Wildman–Crippen MR) is 160 cm³/mol. The van der Waals surface area contributed by atoms with E-state index in [4.69, 9.17) is 9.05 Å². The molecule has 4 aromatic rings. The summed E-state index contributed by atoms with van der Waals surface area (Å²) in [5.41, 5.74) is 12.4. The highest BCUT2D eigenvalue weighted by Gasteiger charge is 2.15. The molecule has 0 aliphatic carbocycles. The van der Waals surface area contributed by atoms with Crippen molar-refractivity contribution in [2.45, 2.75) is 66.6 Å². The Morgan fingerprint density at radius 2 is 0.868 bits per heavy atom. The molecule has 3 nitrogen and oxygen atoms in total. The van der Waals surface area contributed by atoms with Gasteiger partial charge >= 0.3 is 8.25 Å². The Labute approximate surface area is 228 Å². The summed E-state index contributed by atoms with van der Waals surface area (Å²) in [6.07, 6.45) is 3.67. The van der Waals surface area contributed by atoms with Crippen molar-refractivity contribution in [2.75, 3.05) is 0 Å². The van der Waals surface area contributed by atoms with Crippen LogP contribution in [0.15, 0.2) is 84.9 Å². The minimum absolute atomic E-state index is 0.289. The van der Waals surface area contributed by atoms with Crippen LogP contribution in [-0.4, -0.2) is 0 Å². The third kappa shape index (κ3) is 6.35. The van der Waals surface area contributed by atoms with Crippen molar-refractivity contribution in [3.63, 3.8) is 0 Å². The van der Waals surface area contributed by atoms with E-state index < -0.39 is 8.25 Å². The smallest absolute Gasteiger partial charge is 0.306 e. The monoisotopic (exact) mass is 526 g/mol. The maximum Gasteiger partial charge on any atom is 0.319 e. The van der Waals surface area contributed by atoms with Gasteiger partial charge in [0.25, 0.3) is 0 Å². The molecule has 0 aliphatic heterocycles. The molecule has 0 saturated heterocycles. The molecule has 198 valence electrons. The Morgan fingerprint density at radius 3 is 1.21 bits per heavy atom. The van der Waals surface area contributed by atoms with E-state index in [9.17, 15) is 4.57 Å². The second-order valence-corrected chi connectivity index (χ2v) is 10.5. The summed E-state index contributed by atoms with van der Waals surface area (Å²) in [6.45, 7) is 9.30. The largest absolute Gasteiger partial charge is 0.319 e. The third-order valence-corrected chi connectivity index (χ3v) is 8.09. The zero-order valence-electron chi connectivity index (χ0n) is 23.1. The molecule has 0 atom stereocenters. The lowest BCUT2D eigenvalue weighted by molar-refractivity contribution is 0.212. The summed E-state index contributed by atoms with van der Waals surface area (Å²) in [5, 5.41) is 0. The summed E-state index contributed by atoms with van der Waals surface area (Å²) >= 11 is 0. The Morgan fingerprint density at radius 1 is 0.500 bits per heavy atom. The van der Waals surface area contributed by atoms with Gasteiger partial charge in [0.15, 0.2) is 0 Å². The topological polar surface area (TPSA) is 35.5 Å². The lowest BCUT2D eigenvalue weighted by Crippen LogP contribution is -2.03. The van der Waals surface area contributed by atoms with E-state index >= 15 is 0 Å². The van der Waals surface area contributed by atoms with E-state index in [-0.39, 0.29) is 13.2 Å². The van der Waals surface area contributed by atoms with Crippen molar-refractivity contribution in [2.24, 2.45) is 0 Å². The molecule has 0 saturated carbocycles. The van der Waals surface area contributed by atoms with Crippen LogP contribution < -0.4 is 0 Å². The molecule has 4 aromatic carbocycles. The molecule has 0 amide bonds. The maximum atomic E-state index is 12.8. The summed E-state index contributed by atoms with van der Waals surface area (Å²) in [7, 11) is -2.65. The maximum absolute atomic E-state index is 12.8. The van der Waals surface area contributed by atoms with Crippen molar-refractivity contribution in [3.05, 3.63) is 118 Å². The fraction of sp³-hybridized carbons (Fsp3) is 0.294. The van der Waals surface area contributed by atoms with Crippen molar-refractivity contribution < 1.29 is 13.6 Å². The van der Waals surface area contributed by atoms with Gasteiger partial charge in [-0.3, -0.25) is 4.57 Å². The first-order valence-electron chi connectivity index (χ1n) is 13.8. The fourth-order valence-electron chi connectivity index (χ4n) is 5.53. The molecule has 0 radical (unpaired) electrons. The van der Waals surface area contributed by atoms with E-state index in [0.29, 0.717) is 0 Å². The van der Waals surface area contributed by atoms with Crippen LogP contribution in [0.4, 0.5) is 0 Å². The number of hydrogen-bond donors (Lipinski definition) is 0. The number of benzene rings is 4. The third-order valence-electron chi connectivity index (χ3n) is 7.33. The molecule has 0 unspecified atom stereocenters. The molecule has 4 heteroatoms. The van der Waals surface area contributed by atoms with Gasteiger partial charge in [0.1, 0.15) is 0 Å². The molecule has 0 N–H and O–H groups in total. The van der Waals surface area contributed by atoms with Crippen LogP contribution in [0.2, 0.25) is 0 Å². The van der Waals surface area contributed by atoms with Gasteiger partial charge in [-0.2, -0.15) is 0 Å². The lowest BCUT2D eigenvalue weighted by Gasteiger charge is -2.19. The Bertz CT molecular complexity index is 1260. The normalized spacial score (nSPS) is 11.3. The first-order chi connectivity index (χ1) is 18.6. The van der Waals surface area contributed by atoms with E-state index in [0.717, 1.165) is 36.8 Å². The molecule has 0 heterocycles. The fourth-order valence-corrected chi connectivity index (χ4v) is 6.16. The molecule has 0 spiro atoms. The molecular formula is C34H39O3P. The van der Waals surface area contributed by atoms with Gasteiger partial charge in [-0.05, 0) is 81.3 Å². The second kappa shape index (κ2) is 13.7. The summed E-state index contributed by atoms with van der Waals surface area (Å²) in [4.78, 5) is 0. The van der Waals surface area contributed by atoms with E-state index in [1.165, 1.54) is 44.5 Å². The highest BCUT2D eigenvalue weighted by molar-refractivity contribution is 7.33. The average Bonchev–Trinajstić information content (AvgIpc) is 2.98. The minimum atomic E-state index is -2.65. The highest BCUT2D eigenvalue weighted by Crippen LogP contribution is 2.35. The van der Waals surface area contributed by atoms with Crippen LogP contribution in [0.25, 0.3) is 22.3 Å². The summed E-state index contributed by atoms with van der Waals surface area (Å²) < 4.78 is 24.4. The van der Waals surface area contributed by atoms with Crippen LogP contribution in [0, 0.1) is 0 Å². The molecule has 0 aromatic heterocycles. The zero-order valence-corrected chi connectivity index (χ0v) is 24.1. The van der Waals surface area contributed by atoms with E-state index in [1.807, 2.05) is 12.1 Å². The predicted octanol–water partition coefficient (Wildman–Crippen LogP) is 9.39. The lowest BCUT2D eigenvalue weighted by atomic mass is 9.89. The van der Waals surface area contributed by atoms with Gasteiger partial charge in [0.05, 0.1) is 13.2 Å². The van der Waals surface area contributed by atoms with Gasteiger partial charge in [-0.1, -0.05) is 113 Å². The van der Waals surface area contributed by atoms with Crippen LogP contribution in [-0.2, 0) is 52.5 Å². The van der Waals surface area contributed by atoms with E-state index in [2.05, 4.69) is 100 Å². The SMILES string of the molecule is CCc1c(CO[PH](=O)OCc2ccc(-c3ccccc3)c(CC)c2CC)ccc(-c2ccccc2)c1CC. The molecule has 0 fully saturated rings. The van der Waals surface area contributed by atoms with Crippen LogP contribution >= 0.6 is 8.25 Å². The van der Waals surface area contributed by atoms with Gasteiger partial charge in [0, 0.05) is 0 Å². The molecular weight excluding hydrogens is 487 g/mol. The molecule has 0 aliphatic rings. The zero-order chi connectivity index (χ0) is 26.9. The minimum Gasteiger partial charge on any atom is -0.306 e. The average molecular weight is 527 g/mol. The first-order valence-corrected chi connectivity index (χ1v) is 15.0. The Hall–Kier alpha value is -2.97. The quantitative estimate of drug-likeness (QED) is 0.173. The molecule has 38 heavy (non-hydrogen) atoms. The Balaban J connectivity index is 1.46. The van der Waals surface area contributed by atoms with Crippen LogP contribution in [0.3, 0.4) is 0 Å². The van der Waals surface area contributed by atoms with Gasteiger partial charge in [-0.25, -0.2) is 0 Å². The van der Waals surface area contributed by atoms with Crippen LogP contribution in [0.5, 0.6) is 0 Å². The van der Waals surface area contributed by atoms with Crippen molar-refractivity contribution in [1.29, 1.82) is 0 Å². The Kier molecular flexibility index (Phi) is 10.1. The molecule has 4 rings (SSSR count). The number of hydrogen-bond acceptors (Lipinski definition) is 3. The summed E-state index contributed by atoms with van der Waals surface area (Å²) in [5.74, 6) is 0. The second-order valence-electron chi connectivity index (χ2n) is 9.43. The van der Waals surface area contributed by atoms with Crippen LogP contribution in [0.1, 0.15) is 61.1 Å². The van der Waals surface area contributed by atoms with Gasteiger partial charge in [-0.15, -0.1) is 0 Å². The summed E-state index contributed by atoms with van der Waals surface area (Å²) in [6, 6.07) is 29.5. The van der Waals surface area contributed by atoms with E-state index in [1.54, 1.807) is 0 Å². The van der Waals surface area contributed by atoms with Crippen molar-refractivity contribution >= 4 is 8.25 Å². The highest BCUT2D eigenvalue weighted by atomic mass is 31.1. The van der Waals surface area contributed by atoms with Crippen molar-refractivity contribution in [3.8, 4) is 22.3 Å².